The molecule has 1 heterocycles. The van der Waals surface area contributed by atoms with Crippen molar-refractivity contribution in [2.75, 3.05) is 5.32 Å². The second-order valence-corrected chi connectivity index (χ2v) is 6.07. The van der Waals surface area contributed by atoms with Crippen molar-refractivity contribution in [2.24, 2.45) is 0 Å². The van der Waals surface area contributed by atoms with Crippen molar-refractivity contribution in [3.05, 3.63) is 46.2 Å². The van der Waals surface area contributed by atoms with Crippen molar-refractivity contribution >= 4 is 28.7 Å². The second kappa shape index (κ2) is 7.82. The third-order valence-electron chi connectivity index (χ3n) is 2.96. The van der Waals surface area contributed by atoms with E-state index in [1.165, 1.54) is 35.6 Å². The van der Waals surface area contributed by atoms with Crippen LogP contribution in [0.4, 0.5) is 14.5 Å². The van der Waals surface area contributed by atoms with Crippen LogP contribution in [0, 0.1) is 6.92 Å². The number of anilines is 1. The van der Waals surface area contributed by atoms with Gasteiger partial charge in [-0.2, -0.15) is 8.78 Å². The normalized spacial score (nSPS) is 10.6. The molecule has 0 spiro atoms. The van der Waals surface area contributed by atoms with Crippen molar-refractivity contribution in [1.82, 2.24) is 0 Å². The van der Waals surface area contributed by atoms with Crippen LogP contribution in [0.2, 0.25) is 0 Å². The van der Waals surface area contributed by atoms with Crippen LogP contribution in [-0.2, 0) is 4.79 Å². The molecule has 1 N–H and O–H groups in total. The van der Waals surface area contributed by atoms with Crippen LogP contribution in [0.15, 0.2) is 36.4 Å². The quantitative estimate of drug-likeness (QED) is 0.767. The summed E-state index contributed by atoms with van der Waals surface area (Å²) >= 11 is 1.40. The fraction of sp³-hybridized carbons (Fsp3) is 0.250. The Morgan fingerprint density at radius 3 is 2.39 bits per heavy atom. The molecule has 0 atom stereocenters. The molecule has 0 aliphatic heterocycles. The molecule has 0 aliphatic rings. The number of rotatable bonds is 7. The molecule has 2 aromatic rings. The number of alkyl halides is 2. The summed E-state index contributed by atoms with van der Waals surface area (Å²) in [7, 11) is 0. The number of Topliss-reactive ketones (excluding diaryl/α,β-unsaturated/α-hetero) is 1. The Bertz CT molecular complexity index is 683. The molecule has 2 rings (SSSR count). The number of carbonyl (C=O) groups excluding carboxylic acids is 2. The summed E-state index contributed by atoms with van der Waals surface area (Å²) in [6, 6.07) is 9.20. The molecule has 0 bridgehead atoms. The van der Waals surface area contributed by atoms with Crippen LogP contribution < -0.4 is 10.1 Å². The topological polar surface area (TPSA) is 55.4 Å². The lowest BCUT2D eigenvalue weighted by Crippen LogP contribution is -2.13. The third-order valence-corrected chi connectivity index (χ3v) is 4.00. The summed E-state index contributed by atoms with van der Waals surface area (Å²) in [6.45, 7) is -0.974. The van der Waals surface area contributed by atoms with Crippen LogP contribution >= 0.6 is 11.3 Å². The van der Waals surface area contributed by atoms with Gasteiger partial charge in [-0.15, -0.1) is 11.3 Å². The number of hydrogen-bond acceptors (Lipinski definition) is 4. The Balaban J connectivity index is 1.81. The summed E-state index contributed by atoms with van der Waals surface area (Å²) in [4.78, 5) is 25.4. The van der Waals surface area contributed by atoms with Crippen LogP contribution in [-0.4, -0.2) is 18.3 Å². The van der Waals surface area contributed by atoms with Crippen molar-refractivity contribution in [3.63, 3.8) is 0 Å². The zero-order chi connectivity index (χ0) is 16.8. The average molecular weight is 339 g/mol. The average Bonchev–Trinajstić information content (AvgIpc) is 2.93. The number of ether oxygens (including phenoxy) is 1. The second-order valence-electron chi connectivity index (χ2n) is 4.78. The first kappa shape index (κ1) is 17.1. The number of nitrogens with one attached hydrogen (secondary N) is 1. The Labute approximate surface area is 136 Å². The zero-order valence-corrected chi connectivity index (χ0v) is 13.2. The fourth-order valence-electron chi connectivity index (χ4n) is 1.88. The smallest absolute Gasteiger partial charge is 0.387 e. The molecule has 1 aromatic carbocycles. The van der Waals surface area contributed by atoms with E-state index in [2.05, 4.69) is 10.1 Å². The van der Waals surface area contributed by atoms with Gasteiger partial charge in [-0.25, -0.2) is 0 Å². The predicted molar refractivity (Wildman–Crippen MR) is 84.3 cm³/mol. The Morgan fingerprint density at radius 2 is 1.83 bits per heavy atom. The molecule has 0 aliphatic carbocycles. The fourth-order valence-corrected chi connectivity index (χ4v) is 2.71. The van der Waals surface area contributed by atoms with Gasteiger partial charge in [0.2, 0.25) is 5.91 Å². The standard InChI is InChI=1S/C16H15F2NO3S/c1-10-2-8-14(23-10)13(20)7-9-15(21)19-11-3-5-12(6-4-11)22-16(17)18/h2-6,8,16H,7,9H2,1H3,(H,19,21). The van der Waals surface area contributed by atoms with Crippen molar-refractivity contribution in [1.29, 1.82) is 0 Å². The highest BCUT2D eigenvalue weighted by Crippen LogP contribution is 2.19. The van der Waals surface area contributed by atoms with Crippen molar-refractivity contribution in [3.8, 4) is 5.75 Å². The molecule has 122 valence electrons. The number of carbonyl (C=O) groups is 2. The maximum Gasteiger partial charge on any atom is 0.387 e. The minimum atomic E-state index is -2.89. The van der Waals surface area contributed by atoms with E-state index in [0.717, 1.165) is 4.88 Å². The lowest BCUT2D eigenvalue weighted by atomic mass is 10.2. The summed E-state index contributed by atoms with van der Waals surface area (Å²) in [6.07, 6.45) is 0.184. The first-order valence-electron chi connectivity index (χ1n) is 6.88. The maximum atomic E-state index is 12.0. The summed E-state index contributed by atoms with van der Waals surface area (Å²) in [5.41, 5.74) is 0.455. The number of aryl methyl sites for hydroxylation is 1. The summed E-state index contributed by atoms with van der Waals surface area (Å²) in [5.74, 6) is -0.366. The number of halogens is 2. The monoisotopic (exact) mass is 339 g/mol. The molecule has 1 amide bonds. The SMILES string of the molecule is Cc1ccc(C(=O)CCC(=O)Nc2ccc(OC(F)F)cc2)s1. The molecular weight excluding hydrogens is 324 g/mol. The van der Waals surface area contributed by atoms with Gasteiger partial charge in [0.05, 0.1) is 4.88 Å². The summed E-state index contributed by atoms with van der Waals surface area (Å²) in [5, 5.41) is 2.60. The molecule has 0 saturated carbocycles. The van der Waals surface area contributed by atoms with E-state index in [0.29, 0.717) is 10.6 Å². The lowest BCUT2D eigenvalue weighted by Gasteiger charge is -2.07. The van der Waals surface area contributed by atoms with Crippen LogP contribution in [0.3, 0.4) is 0 Å². The molecule has 0 saturated heterocycles. The minimum Gasteiger partial charge on any atom is -0.435 e. The van der Waals surface area contributed by atoms with Gasteiger partial charge in [0.15, 0.2) is 5.78 Å². The molecule has 0 unspecified atom stereocenters. The first-order chi connectivity index (χ1) is 10.9. The number of thiophene rings is 1. The van der Waals surface area contributed by atoms with E-state index >= 15 is 0 Å². The third kappa shape index (κ3) is 5.45. The summed E-state index contributed by atoms with van der Waals surface area (Å²) < 4.78 is 28.3. The highest BCUT2D eigenvalue weighted by atomic mass is 32.1. The van der Waals surface area contributed by atoms with Gasteiger partial charge in [-0.3, -0.25) is 9.59 Å². The van der Waals surface area contributed by atoms with Crippen LogP contribution in [0.1, 0.15) is 27.4 Å². The Hall–Kier alpha value is -2.28. The van der Waals surface area contributed by atoms with Gasteiger partial charge in [0.25, 0.3) is 0 Å². The van der Waals surface area contributed by atoms with Gasteiger partial charge in [-0.05, 0) is 43.3 Å². The van der Waals surface area contributed by atoms with Gasteiger partial charge in [0, 0.05) is 23.4 Å². The van der Waals surface area contributed by atoms with Crippen LogP contribution in [0.5, 0.6) is 5.75 Å². The number of amides is 1. The van der Waals surface area contributed by atoms with E-state index in [-0.39, 0.29) is 30.3 Å². The number of hydrogen-bond donors (Lipinski definition) is 1. The van der Waals surface area contributed by atoms with Crippen molar-refractivity contribution in [2.45, 2.75) is 26.4 Å². The molecular formula is C16H15F2NO3S. The van der Waals surface area contributed by atoms with E-state index in [9.17, 15) is 18.4 Å². The first-order valence-corrected chi connectivity index (χ1v) is 7.70. The molecule has 23 heavy (non-hydrogen) atoms. The zero-order valence-electron chi connectivity index (χ0n) is 12.3. The lowest BCUT2D eigenvalue weighted by molar-refractivity contribution is -0.116. The van der Waals surface area contributed by atoms with Gasteiger partial charge < -0.3 is 10.1 Å². The van der Waals surface area contributed by atoms with E-state index in [4.69, 9.17) is 0 Å². The van der Waals surface area contributed by atoms with Crippen molar-refractivity contribution < 1.29 is 23.1 Å². The van der Waals surface area contributed by atoms with Gasteiger partial charge in [0.1, 0.15) is 5.75 Å². The Morgan fingerprint density at radius 1 is 1.13 bits per heavy atom. The van der Waals surface area contributed by atoms with E-state index in [1.54, 1.807) is 6.07 Å². The molecule has 7 heteroatoms. The minimum absolute atomic E-state index is 0.0150. The molecule has 0 fully saturated rings. The maximum absolute atomic E-state index is 12.0. The molecule has 4 nitrogen and oxygen atoms in total. The van der Waals surface area contributed by atoms with Crippen LogP contribution in [0.25, 0.3) is 0 Å². The van der Waals surface area contributed by atoms with Gasteiger partial charge in [-0.1, -0.05) is 0 Å². The molecule has 0 radical (unpaired) electrons. The highest BCUT2D eigenvalue weighted by Gasteiger charge is 2.11. The van der Waals surface area contributed by atoms with Gasteiger partial charge >= 0.3 is 6.61 Å². The Kier molecular flexibility index (Phi) is 5.81. The molecule has 1 aromatic heterocycles. The number of benzene rings is 1. The largest absolute Gasteiger partial charge is 0.435 e. The highest BCUT2D eigenvalue weighted by molar-refractivity contribution is 7.14. The predicted octanol–water partition coefficient (Wildman–Crippen LogP) is 4.26. The van der Waals surface area contributed by atoms with E-state index in [1.807, 2.05) is 13.0 Å². The number of ketones is 1. The van der Waals surface area contributed by atoms with E-state index < -0.39 is 6.61 Å².